The van der Waals surface area contributed by atoms with Gasteiger partial charge in [-0.05, 0) is 12.1 Å². The zero-order chi connectivity index (χ0) is 16.5. The van der Waals surface area contributed by atoms with Crippen molar-refractivity contribution >= 4 is 5.65 Å². The normalized spacial score (nSPS) is 11.0. The van der Waals surface area contributed by atoms with Gasteiger partial charge in [0.2, 0.25) is 0 Å². The second-order valence-electron chi connectivity index (χ2n) is 5.46. The standard InChI is InChI=1S/C19H15N3O2/c23-13-15-11-19(24)22-18(20-15)12-17(14-7-3-1-4-8-14)21(22)16-9-5-2-6-10-16/h1-12,23H,13H2. The fourth-order valence-electron chi connectivity index (χ4n) is 2.85. The number of para-hydroxylation sites is 1. The molecule has 0 bridgehead atoms. The molecule has 0 saturated carbocycles. The lowest BCUT2D eigenvalue weighted by Gasteiger charge is -2.11. The van der Waals surface area contributed by atoms with Crippen molar-refractivity contribution in [3.8, 4) is 16.9 Å². The molecule has 118 valence electrons. The summed E-state index contributed by atoms with van der Waals surface area (Å²) in [5.41, 5.74) is 3.36. The van der Waals surface area contributed by atoms with Crippen molar-refractivity contribution in [2.45, 2.75) is 6.61 Å². The molecule has 0 aliphatic rings. The zero-order valence-electron chi connectivity index (χ0n) is 12.8. The van der Waals surface area contributed by atoms with Gasteiger partial charge in [-0.1, -0.05) is 48.5 Å². The summed E-state index contributed by atoms with van der Waals surface area (Å²) in [6.07, 6.45) is 0. The fourth-order valence-corrected chi connectivity index (χ4v) is 2.85. The Bertz CT molecular complexity index is 1050. The summed E-state index contributed by atoms with van der Waals surface area (Å²) in [7, 11) is 0. The highest BCUT2D eigenvalue weighted by molar-refractivity contribution is 5.67. The third-order valence-electron chi connectivity index (χ3n) is 3.90. The molecular weight excluding hydrogens is 302 g/mol. The minimum atomic E-state index is -0.261. The first-order valence-corrected chi connectivity index (χ1v) is 7.64. The summed E-state index contributed by atoms with van der Waals surface area (Å²) >= 11 is 0. The number of rotatable bonds is 3. The maximum absolute atomic E-state index is 12.6. The molecule has 5 heteroatoms. The summed E-state index contributed by atoms with van der Waals surface area (Å²) in [6.45, 7) is -0.261. The second kappa shape index (κ2) is 5.79. The van der Waals surface area contributed by atoms with Crippen molar-refractivity contribution in [2.24, 2.45) is 0 Å². The average Bonchev–Trinajstić information content (AvgIpc) is 3.03. The molecule has 4 rings (SSSR count). The van der Waals surface area contributed by atoms with Crippen LogP contribution in [0, 0.1) is 0 Å². The Hall–Kier alpha value is -3.18. The predicted molar refractivity (Wildman–Crippen MR) is 92.1 cm³/mol. The van der Waals surface area contributed by atoms with Crippen molar-refractivity contribution in [1.29, 1.82) is 0 Å². The quantitative estimate of drug-likeness (QED) is 0.632. The summed E-state index contributed by atoms with van der Waals surface area (Å²) < 4.78 is 3.37. The minimum Gasteiger partial charge on any atom is -0.390 e. The Labute approximate surface area is 138 Å². The maximum Gasteiger partial charge on any atom is 0.273 e. The van der Waals surface area contributed by atoms with E-state index < -0.39 is 0 Å². The van der Waals surface area contributed by atoms with Gasteiger partial charge in [-0.25, -0.2) is 9.67 Å². The molecular formula is C19H15N3O2. The SMILES string of the molecule is O=c1cc(CO)nc2cc(-c3ccccc3)n(-c3ccccc3)n12. The topological polar surface area (TPSA) is 59.5 Å². The molecule has 0 spiro atoms. The molecule has 24 heavy (non-hydrogen) atoms. The van der Waals surface area contributed by atoms with E-state index in [1.54, 1.807) is 0 Å². The molecule has 2 heterocycles. The highest BCUT2D eigenvalue weighted by Gasteiger charge is 2.15. The fraction of sp³-hybridized carbons (Fsp3) is 0.0526. The van der Waals surface area contributed by atoms with Crippen LogP contribution in [0.5, 0.6) is 0 Å². The van der Waals surface area contributed by atoms with Gasteiger partial charge in [0.05, 0.1) is 23.7 Å². The zero-order valence-corrected chi connectivity index (χ0v) is 12.8. The van der Waals surface area contributed by atoms with Crippen LogP contribution >= 0.6 is 0 Å². The summed E-state index contributed by atoms with van der Waals surface area (Å²) in [5.74, 6) is 0. The molecule has 0 fully saturated rings. The van der Waals surface area contributed by atoms with Gasteiger partial charge >= 0.3 is 0 Å². The Morgan fingerprint density at radius 2 is 1.58 bits per heavy atom. The van der Waals surface area contributed by atoms with Gasteiger partial charge in [0.25, 0.3) is 5.56 Å². The van der Waals surface area contributed by atoms with Gasteiger partial charge in [0.15, 0.2) is 5.65 Å². The Balaban J connectivity index is 2.12. The maximum atomic E-state index is 12.6. The Kier molecular flexibility index (Phi) is 3.48. The molecule has 0 unspecified atom stereocenters. The van der Waals surface area contributed by atoms with Crippen molar-refractivity contribution in [1.82, 2.24) is 14.2 Å². The van der Waals surface area contributed by atoms with Gasteiger partial charge < -0.3 is 5.11 Å². The molecule has 0 amide bonds. The van der Waals surface area contributed by atoms with E-state index >= 15 is 0 Å². The van der Waals surface area contributed by atoms with Crippen LogP contribution in [0.3, 0.4) is 0 Å². The van der Waals surface area contributed by atoms with E-state index in [-0.39, 0.29) is 12.2 Å². The van der Waals surface area contributed by atoms with E-state index in [1.165, 1.54) is 10.6 Å². The monoisotopic (exact) mass is 317 g/mol. The predicted octanol–water partition coefficient (Wildman–Crippen LogP) is 2.64. The molecule has 4 aromatic rings. The number of hydrogen-bond donors (Lipinski definition) is 1. The number of benzene rings is 2. The number of fused-ring (bicyclic) bond motifs is 1. The highest BCUT2D eigenvalue weighted by atomic mass is 16.3. The number of aliphatic hydroxyl groups is 1. The molecule has 2 aromatic heterocycles. The van der Waals surface area contributed by atoms with E-state index in [4.69, 9.17) is 0 Å². The van der Waals surface area contributed by atoms with Gasteiger partial charge in [-0.15, -0.1) is 0 Å². The lowest BCUT2D eigenvalue weighted by Crippen LogP contribution is -2.21. The van der Waals surface area contributed by atoms with Crippen molar-refractivity contribution in [2.75, 3.05) is 0 Å². The highest BCUT2D eigenvalue weighted by Crippen LogP contribution is 2.25. The van der Waals surface area contributed by atoms with Crippen LogP contribution in [0.1, 0.15) is 5.69 Å². The molecule has 0 radical (unpaired) electrons. The molecule has 0 aliphatic carbocycles. The summed E-state index contributed by atoms with van der Waals surface area (Å²) in [6, 6.07) is 22.7. The smallest absolute Gasteiger partial charge is 0.273 e. The molecule has 0 saturated heterocycles. The number of aromatic nitrogens is 3. The van der Waals surface area contributed by atoms with Crippen LogP contribution in [0.2, 0.25) is 0 Å². The first-order valence-electron chi connectivity index (χ1n) is 7.64. The number of aliphatic hydroxyl groups excluding tert-OH is 1. The third-order valence-corrected chi connectivity index (χ3v) is 3.90. The van der Waals surface area contributed by atoms with Crippen LogP contribution in [0.15, 0.2) is 77.6 Å². The van der Waals surface area contributed by atoms with Crippen LogP contribution in [-0.2, 0) is 6.61 Å². The average molecular weight is 317 g/mol. The van der Waals surface area contributed by atoms with Gasteiger partial charge in [-0.2, -0.15) is 4.52 Å². The van der Waals surface area contributed by atoms with Crippen LogP contribution in [0.4, 0.5) is 0 Å². The molecule has 1 N–H and O–H groups in total. The minimum absolute atomic E-state index is 0.227. The second-order valence-corrected chi connectivity index (χ2v) is 5.46. The third kappa shape index (κ3) is 2.31. The van der Waals surface area contributed by atoms with Crippen LogP contribution in [-0.4, -0.2) is 19.3 Å². The molecule has 5 nitrogen and oxygen atoms in total. The number of hydrogen-bond acceptors (Lipinski definition) is 3. The van der Waals surface area contributed by atoms with Crippen molar-refractivity contribution in [3.05, 3.63) is 88.8 Å². The van der Waals surface area contributed by atoms with E-state index in [9.17, 15) is 9.90 Å². The first kappa shape index (κ1) is 14.4. The largest absolute Gasteiger partial charge is 0.390 e. The Morgan fingerprint density at radius 1 is 0.917 bits per heavy atom. The van der Waals surface area contributed by atoms with Crippen molar-refractivity contribution < 1.29 is 5.11 Å². The van der Waals surface area contributed by atoms with Crippen LogP contribution < -0.4 is 5.56 Å². The Morgan fingerprint density at radius 3 is 2.25 bits per heavy atom. The van der Waals surface area contributed by atoms with Gasteiger partial charge in [0, 0.05) is 17.7 Å². The van der Waals surface area contributed by atoms with Crippen molar-refractivity contribution in [3.63, 3.8) is 0 Å². The van der Waals surface area contributed by atoms with Gasteiger partial charge in [0.1, 0.15) is 0 Å². The van der Waals surface area contributed by atoms with E-state index in [0.29, 0.717) is 11.3 Å². The lowest BCUT2D eigenvalue weighted by atomic mass is 10.1. The molecule has 0 aliphatic heterocycles. The summed E-state index contributed by atoms with van der Waals surface area (Å²) in [4.78, 5) is 17.0. The van der Waals surface area contributed by atoms with E-state index in [0.717, 1.165) is 16.9 Å². The van der Waals surface area contributed by atoms with Gasteiger partial charge in [-0.3, -0.25) is 4.79 Å². The molecule has 0 atom stereocenters. The lowest BCUT2D eigenvalue weighted by molar-refractivity contribution is 0.276. The van der Waals surface area contributed by atoms with E-state index in [1.807, 2.05) is 71.4 Å². The van der Waals surface area contributed by atoms with Crippen LogP contribution in [0.25, 0.3) is 22.6 Å². The van der Waals surface area contributed by atoms with E-state index in [2.05, 4.69) is 4.98 Å². The number of nitrogens with zero attached hydrogens (tertiary/aromatic N) is 3. The molecule has 2 aromatic carbocycles. The summed E-state index contributed by atoms with van der Waals surface area (Å²) in [5, 5.41) is 9.31. The first-order chi connectivity index (χ1) is 11.8.